The highest BCUT2D eigenvalue weighted by molar-refractivity contribution is 5.25. The predicted octanol–water partition coefficient (Wildman–Crippen LogP) is 7.34. The minimum absolute atomic E-state index is 0.125. The van der Waals surface area contributed by atoms with Gasteiger partial charge in [0.15, 0.2) is 0 Å². The first kappa shape index (κ1) is 25.4. The van der Waals surface area contributed by atoms with Crippen LogP contribution < -0.4 is 0 Å². The molecule has 0 aromatic carbocycles. The van der Waals surface area contributed by atoms with E-state index >= 15 is 0 Å². The van der Waals surface area contributed by atoms with Crippen molar-refractivity contribution in [3.63, 3.8) is 0 Å². The van der Waals surface area contributed by atoms with Gasteiger partial charge in [0.05, 0.1) is 6.10 Å². The van der Waals surface area contributed by atoms with Crippen LogP contribution in [0.5, 0.6) is 0 Å². The van der Waals surface area contributed by atoms with Gasteiger partial charge in [-0.2, -0.15) is 4.89 Å². The van der Waals surface area contributed by atoms with Crippen LogP contribution >= 0.6 is 0 Å². The van der Waals surface area contributed by atoms with Gasteiger partial charge in [0.1, 0.15) is 5.60 Å². The van der Waals surface area contributed by atoms with E-state index in [1.807, 2.05) is 0 Å². The summed E-state index contributed by atoms with van der Waals surface area (Å²) in [4.78, 5) is 5.34. The average Bonchev–Trinajstić information content (AvgIpc) is 3.14. The fraction of sp³-hybridized carbons (Fsp3) is 0.862. The largest absolute Gasteiger partial charge is 0.393 e. The fourth-order valence-corrected chi connectivity index (χ4v) is 9.14. The molecule has 2 unspecified atom stereocenters. The van der Waals surface area contributed by atoms with E-state index in [9.17, 15) is 5.11 Å². The van der Waals surface area contributed by atoms with Gasteiger partial charge in [-0.3, -0.25) is 0 Å². The van der Waals surface area contributed by atoms with E-state index < -0.39 is 5.60 Å². The summed E-state index contributed by atoms with van der Waals surface area (Å²) < 4.78 is 0. The monoisotopic (exact) mass is 460 g/mol. The number of rotatable bonds is 8. The van der Waals surface area contributed by atoms with Gasteiger partial charge in [-0.1, -0.05) is 57.4 Å². The van der Waals surface area contributed by atoms with Crippen molar-refractivity contribution in [2.75, 3.05) is 0 Å². The minimum Gasteiger partial charge on any atom is -0.393 e. The van der Waals surface area contributed by atoms with E-state index in [1.54, 1.807) is 11.6 Å². The summed E-state index contributed by atoms with van der Waals surface area (Å²) >= 11 is 0. The number of fused-ring (bicyclic) bond motifs is 5. The van der Waals surface area contributed by atoms with Crippen LogP contribution in [0.15, 0.2) is 24.3 Å². The van der Waals surface area contributed by atoms with Crippen molar-refractivity contribution in [3.8, 4) is 0 Å². The van der Waals surface area contributed by atoms with E-state index in [4.69, 9.17) is 10.1 Å². The summed E-state index contributed by atoms with van der Waals surface area (Å²) in [6, 6.07) is 0. The summed E-state index contributed by atoms with van der Waals surface area (Å²) in [6.07, 6.45) is 15.7. The molecule has 33 heavy (non-hydrogen) atoms. The molecule has 3 fully saturated rings. The first-order valence-corrected chi connectivity index (χ1v) is 13.6. The number of hydrogen-bond donors (Lipinski definition) is 2. The van der Waals surface area contributed by atoms with Crippen molar-refractivity contribution in [2.45, 2.75) is 111 Å². The Bertz CT molecular complexity index is 746. The summed E-state index contributed by atoms with van der Waals surface area (Å²) in [5, 5.41) is 23.4. The molecule has 4 rings (SSSR count). The molecule has 4 nitrogen and oxygen atoms in total. The molecule has 0 radical (unpaired) electrons. The van der Waals surface area contributed by atoms with Gasteiger partial charge >= 0.3 is 0 Å². The van der Waals surface area contributed by atoms with Crippen molar-refractivity contribution in [2.24, 2.45) is 46.3 Å². The Labute approximate surface area is 201 Å². The molecule has 0 aliphatic heterocycles. The first-order chi connectivity index (χ1) is 15.6. The van der Waals surface area contributed by atoms with Crippen LogP contribution in [-0.4, -0.2) is 22.1 Å². The summed E-state index contributed by atoms with van der Waals surface area (Å²) in [7, 11) is 0. The maximum absolute atomic E-state index is 10.3. The predicted molar refractivity (Wildman–Crippen MR) is 132 cm³/mol. The minimum atomic E-state index is -0.649. The molecule has 0 heterocycles. The number of aliphatic hydroxyl groups is 1. The van der Waals surface area contributed by atoms with Crippen molar-refractivity contribution in [1.29, 1.82) is 0 Å². The lowest BCUT2D eigenvalue weighted by molar-refractivity contribution is -0.524. The number of hydrogen-bond acceptors (Lipinski definition) is 4. The van der Waals surface area contributed by atoms with Gasteiger partial charge < -0.3 is 5.11 Å². The Balaban J connectivity index is 1.48. The third-order valence-electron chi connectivity index (χ3n) is 11.3. The Morgan fingerprint density at radius 2 is 1.91 bits per heavy atom. The van der Waals surface area contributed by atoms with Gasteiger partial charge in [-0.25, -0.2) is 5.26 Å². The molecule has 0 aromatic rings. The van der Waals surface area contributed by atoms with Gasteiger partial charge in [-0.15, -0.1) is 6.58 Å². The zero-order valence-electron chi connectivity index (χ0n) is 21.7. The molecule has 0 saturated heterocycles. The van der Waals surface area contributed by atoms with Gasteiger partial charge in [0.25, 0.3) is 0 Å². The van der Waals surface area contributed by atoms with Gasteiger partial charge in [-0.05, 0) is 111 Å². The smallest absolute Gasteiger partial charge is 0.127 e. The quantitative estimate of drug-likeness (QED) is 0.226. The molecule has 0 bridgehead atoms. The lowest BCUT2D eigenvalue weighted by atomic mass is 9.47. The Hall–Kier alpha value is -0.680. The molecule has 2 N–H and O–H groups in total. The van der Waals surface area contributed by atoms with Gasteiger partial charge in [0.2, 0.25) is 0 Å². The second kappa shape index (κ2) is 9.41. The van der Waals surface area contributed by atoms with Crippen LogP contribution in [0.3, 0.4) is 0 Å². The van der Waals surface area contributed by atoms with E-state index in [2.05, 4.69) is 52.3 Å². The maximum Gasteiger partial charge on any atom is 0.127 e. The highest BCUT2D eigenvalue weighted by Gasteiger charge is 2.59. The molecule has 0 aromatic heterocycles. The number of aliphatic hydroxyl groups excluding tert-OH is 1. The first-order valence-electron chi connectivity index (χ1n) is 13.6. The Morgan fingerprint density at radius 1 is 1.15 bits per heavy atom. The Morgan fingerprint density at radius 3 is 2.58 bits per heavy atom. The third kappa shape index (κ3) is 4.17. The van der Waals surface area contributed by atoms with Crippen molar-refractivity contribution < 1.29 is 20.3 Å². The molecule has 0 amide bonds. The van der Waals surface area contributed by atoms with E-state index in [-0.39, 0.29) is 12.0 Å². The van der Waals surface area contributed by atoms with Crippen LogP contribution in [0, 0.1) is 46.3 Å². The topological polar surface area (TPSA) is 58.9 Å². The number of allylic oxidation sites excluding steroid dienone is 1. The van der Waals surface area contributed by atoms with E-state index in [0.29, 0.717) is 16.7 Å². The van der Waals surface area contributed by atoms with E-state index in [1.165, 1.54) is 32.1 Å². The molecular formula is C29H48O4. The molecule has 4 aliphatic carbocycles. The molecule has 4 heteroatoms. The zero-order valence-corrected chi connectivity index (χ0v) is 21.7. The second-order valence-corrected chi connectivity index (χ2v) is 12.9. The van der Waals surface area contributed by atoms with Crippen LogP contribution in [0.25, 0.3) is 0 Å². The molecule has 3 saturated carbocycles. The standard InChI is InChI=1S/C29H48O4/c1-7-29(19(2)3,32-33-31)17-12-20(4)24-10-11-25-23-9-8-21-18-22(30)13-15-27(21,5)26(23)14-16-28(24,25)6/h7-8,19-20,22-26,30-31H,1,9-18H2,2-6H3/t20-,22?,23+,24-,25+,26+,27+,28-,29?/m1/s1. The van der Waals surface area contributed by atoms with Crippen LogP contribution in [0.4, 0.5) is 0 Å². The SMILES string of the molecule is C=CC(CC[C@@H](C)[C@H]1CC[C@H]2[C@@H]3CC=C4CC(O)CC[C@]4(C)[C@H]3CC[C@]12C)(OOO)C(C)C. The normalized spacial score (nSPS) is 43.2. The van der Waals surface area contributed by atoms with Crippen LogP contribution in [0.2, 0.25) is 0 Å². The fourth-order valence-electron chi connectivity index (χ4n) is 9.14. The zero-order chi connectivity index (χ0) is 24.0. The van der Waals surface area contributed by atoms with Crippen molar-refractivity contribution in [1.82, 2.24) is 0 Å². The van der Waals surface area contributed by atoms with Crippen molar-refractivity contribution >= 4 is 0 Å². The lowest BCUT2D eigenvalue weighted by Gasteiger charge is -2.58. The van der Waals surface area contributed by atoms with Crippen LogP contribution in [0.1, 0.15) is 98.8 Å². The summed E-state index contributed by atoms with van der Waals surface area (Å²) in [6.45, 7) is 15.7. The second-order valence-electron chi connectivity index (χ2n) is 12.9. The molecule has 4 aliphatic rings. The Kier molecular flexibility index (Phi) is 7.25. The van der Waals surface area contributed by atoms with Gasteiger partial charge in [0, 0.05) is 0 Å². The lowest BCUT2D eigenvalue weighted by Crippen LogP contribution is -2.50. The third-order valence-corrected chi connectivity index (χ3v) is 11.3. The highest BCUT2D eigenvalue weighted by atomic mass is 17.5. The molecule has 9 atom stereocenters. The van der Waals surface area contributed by atoms with Crippen LogP contribution in [-0.2, 0) is 9.93 Å². The maximum atomic E-state index is 10.3. The molecule has 188 valence electrons. The van der Waals surface area contributed by atoms with E-state index in [0.717, 1.165) is 55.8 Å². The molecule has 0 spiro atoms. The molecular weight excluding hydrogens is 412 g/mol. The summed E-state index contributed by atoms with van der Waals surface area (Å²) in [5.41, 5.74) is 1.65. The van der Waals surface area contributed by atoms with Crippen molar-refractivity contribution in [3.05, 3.63) is 24.3 Å². The highest BCUT2D eigenvalue weighted by Crippen LogP contribution is 2.67. The summed E-state index contributed by atoms with van der Waals surface area (Å²) in [5.74, 6) is 3.93. The average molecular weight is 461 g/mol.